The molecule has 2 heterocycles. The number of benzene rings is 1. The molecular weight excluding hydrogens is 400 g/mol. The molecule has 10 heteroatoms. The number of halogens is 2. The van der Waals surface area contributed by atoms with Crippen molar-refractivity contribution in [3.63, 3.8) is 0 Å². The number of H-pyrrole nitrogens is 1. The molecule has 2 atom stereocenters. The number of carbonyl (C=O) groups excluding carboxylic acids is 1. The predicted molar refractivity (Wildman–Crippen MR) is 104 cm³/mol. The van der Waals surface area contributed by atoms with Crippen LogP contribution in [0.15, 0.2) is 47.6 Å². The lowest BCUT2D eigenvalue weighted by atomic mass is 10.0. The van der Waals surface area contributed by atoms with Crippen LogP contribution in [0, 0.1) is 0 Å². The van der Waals surface area contributed by atoms with Gasteiger partial charge in [-0.1, -0.05) is 54.2 Å². The molecule has 1 aromatic carbocycles. The number of likely N-dealkylation sites (tertiary alicyclic amines) is 1. The van der Waals surface area contributed by atoms with Crippen LogP contribution in [0.3, 0.4) is 0 Å². The van der Waals surface area contributed by atoms with E-state index in [1.807, 2.05) is 0 Å². The Bertz CT molecular complexity index is 804. The molecule has 7 nitrogen and oxygen atoms in total. The van der Waals surface area contributed by atoms with Gasteiger partial charge < -0.3 is 10.0 Å². The fourth-order valence-corrected chi connectivity index (χ4v) is 3.94. The van der Waals surface area contributed by atoms with Gasteiger partial charge in [-0.2, -0.15) is 8.78 Å². The van der Waals surface area contributed by atoms with Crippen LogP contribution in [0.5, 0.6) is 0 Å². The van der Waals surface area contributed by atoms with E-state index in [0.717, 1.165) is 24.7 Å². The second-order valence-electron chi connectivity index (χ2n) is 6.77. The molecule has 2 aromatic rings. The first-order chi connectivity index (χ1) is 14.0. The van der Waals surface area contributed by atoms with Gasteiger partial charge in [-0.15, -0.1) is 5.10 Å². The van der Waals surface area contributed by atoms with Gasteiger partial charge in [0.1, 0.15) is 6.10 Å². The number of nitrogens with zero attached hydrogens (tertiary/aromatic N) is 4. The van der Waals surface area contributed by atoms with E-state index in [2.05, 4.69) is 20.6 Å². The van der Waals surface area contributed by atoms with E-state index in [0.29, 0.717) is 24.5 Å². The first kappa shape index (κ1) is 21.4. The Labute approximate surface area is 171 Å². The summed E-state index contributed by atoms with van der Waals surface area (Å²) >= 11 is 1.50. The van der Waals surface area contributed by atoms with Crippen molar-refractivity contribution in [3.05, 3.63) is 48.0 Å². The highest BCUT2D eigenvalue weighted by Gasteiger charge is 2.39. The highest BCUT2D eigenvalue weighted by molar-refractivity contribution is 7.99. The number of nitrogens with one attached hydrogen (secondary N) is 1. The molecule has 1 aliphatic rings. The van der Waals surface area contributed by atoms with Crippen LogP contribution in [-0.2, 0) is 10.7 Å². The highest BCUT2D eigenvalue weighted by Crippen LogP contribution is 2.32. The Kier molecular flexibility index (Phi) is 7.32. The number of aliphatic hydroxyl groups excluding tert-OH is 1. The first-order valence-corrected chi connectivity index (χ1v) is 10.4. The summed E-state index contributed by atoms with van der Waals surface area (Å²) < 4.78 is 28.8. The van der Waals surface area contributed by atoms with Gasteiger partial charge in [0.05, 0.1) is 6.04 Å². The van der Waals surface area contributed by atoms with Gasteiger partial charge in [-0.05, 0) is 29.7 Å². The standard InChI is InChI=1S/C19H23F2N5O2S/c20-19(21,14-6-2-1-3-7-14)16(27)10-8-15-9-11-17(28)26(15)12-4-5-13-29-18-22-24-25-23-18/h1-3,6-8,10,15-16,27H,4-5,9,11-13H2,(H,22,23,24,25)/b10-8+/t15-,16?/m0/s1. The molecule has 156 valence electrons. The number of aromatic amines is 1. The Morgan fingerprint density at radius 3 is 2.86 bits per heavy atom. The minimum absolute atomic E-state index is 0.0102. The maximum atomic E-state index is 14.4. The summed E-state index contributed by atoms with van der Waals surface area (Å²) in [5, 5.41) is 24.1. The fourth-order valence-electron chi connectivity index (χ4n) is 3.20. The molecule has 1 fully saturated rings. The van der Waals surface area contributed by atoms with E-state index >= 15 is 0 Å². The van der Waals surface area contributed by atoms with Gasteiger partial charge >= 0.3 is 5.92 Å². The van der Waals surface area contributed by atoms with E-state index in [1.165, 1.54) is 42.1 Å². The van der Waals surface area contributed by atoms with Crippen LogP contribution >= 0.6 is 11.8 Å². The van der Waals surface area contributed by atoms with E-state index in [9.17, 15) is 18.7 Å². The number of hydrogen-bond acceptors (Lipinski definition) is 6. The van der Waals surface area contributed by atoms with Gasteiger partial charge in [0, 0.05) is 24.3 Å². The first-order valence-electron chi connectivity index (χ1n) is 9.44. The van der Waals surface area contributed by atoms with Gasteiger partial charge in [0.2, 0.25) is 11.1 Å². The molecule has 0 aliphatic carbocycles. The topological polar surface area (TPSA) is 95.0 Å². The lowest BCUT2D eigenvalue weighted by Crippen LogP contribution is -2.34. The molecule has 1 saturated heterocycles. The van der Waals surface area contributed by atoms with Crippen molar-refractivity contribution in [2.45, 2.75) is 48.9 Å². The molecule has 0 saturated carbocycles. The fraction of sp³-hybridized carbons (Fsp3) is 0.474. The number of carbonyl (C=O) groups is 1. The average Bonchev–Trinajstić information content (AvgIpc) is 3.37. The predicted octanol–water partition coefficient (Wildman–Crippen LogP) is 2.77. The minimum atomic E-state index is -3.39. The Hall–Kier alpha value is -2.33. The molecule has 0 spiro atoms. The summed E-state index contributed by atoms with van der Waals surface area (Å²) in [5.41, 5.74) is -0.240. The number of rotatable bonds is 10. The summed E-state index contributed by atoms with van der Waals surface area (Å²) in [6, 6.07) is 6.97. The number of alkyl halides is 2. The Balaban J connectivity index is 1.50. The van der Waals surface area contributed by atoms with E-state index in [-0.39, 0.29) is 17.5 Å². The summed E-state index contributed by atoms with van der Waals surface area (Å²) in [7, 11) is 0. The van der Waals surface area contributed by atoms with Crippen LogP contribution in [0.25, 0.3) is 0 Å². The smallest absolute Gasteiger partial charge is 0.302 e. The van der Waals surface area contributed by atoms with Crippen molar-refractivity contribution in [1.29, 1.82) is 0 Å². The minimum Gasteiger partial charge on any atom is -0.382 e. The van der Waals surface area contributed by atoms with Crippen LogP contribution < -0.4 is 0 Å². The third-order valence-corrected chi connectivity index (χ3v) is 5.72. The van der Waals surface area contributed by atoms with Crippen LogP contribution in [0.4, 0.5) is 8.78 Å². The van der Waals surface area contributed by atoms with Crippen molar-refractivity contribution in [2.75, 3.05) is 12.3 Å². The number of unbranched alkanes of at least 4 members (excludes halogenated alkanes) is 1. The molecule has 1 unspecified atom stereocenters. The molecule has 3 rings (SSSR count). The lowest BCUT2D eigenvalue weighted by Gasteiger charge is -2.24. The van der Waals surface area contributed by atoms with Crippen LogP contribution in [-0.4, -0.2) is 61.0 Å². The Morgan fingerprint density at radius 1 is 1.34 bits per heavy atom. The molecule has 0 bridgehead atoms. The molecule has 1 amide bonds. The van der Waals surface area contributed by atoms with E-state index < -0.39 is 12.0 Å². The van der Waals surface area contributed by atoms with Gasteiger partial charge in [-0.3, -0.25) is 4.79 Å². The highest BCUT2D eigenvalue weighted by atomic mass is 32.2. The van der Waals surface area contributed by atoms with Gasteiger partial charge in [0.15, 0.2) is 0 Å². The van der Waals surface area contributed by atoms with Crippen LogP contribution in [0.2, 0.25) is 0 Å². The van der Waals surface area contributed by atoms with Crippen molar-refractivity contribution in [2.24, 2.45) is 0 Å². The number of hydrogen-bond donors (Lipinski definition) is 2. The summed E-state index contributed by atoms with van der Waals surface area (Å²) in [4.78, 5) is 13.8. The zero-order valence-corrected chi connectivity index (χ0v) is 16.6. The SMILES string of the molecule is O=C1CC[C@H](/C=C/C(O)C(F)(F)c2ccccc2)N1CCCCSc1nnn[nH]1. The number of aliphatic hydroxyl groups is 1. The number of thioether (sulfide) groups is 1. The lowest BCUT2D eigenvalue weighted by molar-refractivity contribution is -0.128. The maximum absolute atomic E-state index is 14.4. The quantitative estimate of drug-likeness (QED) is 0.347. The molecule has 2 N–H and O–H groups in total. The second kappa shape index (κ2) is 9.93. The summed E-state index contributed by atoms with van der Waals surface area (Å²) in [6.07, 6.45) is 3.29. The zero-order valence-electron chi connectivity index (χ0n) is 15.7. The molecule has 0 radical (unpaired) electrons. The number of tetrazole rings is 1. The average molecular weight is 423 g/mol. The van der Waals surface area contributed by atoms with Gasteiger partial charge in [0.25, 0.3) is 0 Å². The normalized spacial score (nSPS) is 18.7. The number of amides is 1. The summed E-state index contributed by atoms with van der Waals surface area (Å²) in [5.74, 6) is -2.57. The Morgan fingerprint density at radius 2 is 2.14 bits per heavy atom. The van der Waals surface area contributed by atoms with Crippen molar-refractivity contribution in [1.82, 2.24) is 25.5 Å². The summed E-state index contributed by atoms with van der Waals surface area (Å²) in [6.45, 7) is 0.550. The van der Waals surface area contributed by atoms with Crippen LogP contribution in [0.1, 0.15) is 31.2 Å². The maximum Gasteiger partial charge on any atom is 0.302 e. The third kappa shape index (κ3) is 5.60. The molecule has 29 heavy (non-hydrogen) atoms. The monoisotopic (exact) mass is 423 g/mol. The molecular formula is C19H23F2N5O2S. The van der Waals surface area contributed by atoms with Crippen molar-refractivity contribution in [3.8, 4) is 0 Å². The number of aromatic nitrogens is 4. The van der Waals surface area contributed by atoms with Crippen molar-refractivity contribution < 1.29 is 18.7 Å². The largest absolute Gasteiger partial charge is 0.382 e. The molecule has 1 aliphatic heterocycles. The van der Waals surface area contributed by atoms with E-state index in [1.54, 1.807) is 11.0 Å². The van der Waals surface area contributed by atoms with Gasteiger partial charge in [-0.25, -0.2) is 5.10 Å². The second-order valence-corrected chi connectivity index (χ2v) is 7.86. The van der Waals surface area contributed by atoms with Crippen molar-refractivity contribution >= 4 is 17.7 Å². The molecule has 1 aromatic heterocycles. The van der Waals surface area contributed by atoms with E-state index in [4.69, 9.17) is 0 Å². The zero-order chi connectivity index (χ0) is 20.7. The third-order valence-electron chi connectivity index (χ3n) is 4.78.